The number of benzene rings is 1. The third-order valence-corrected chi connectivity index (χ3v) is 7.83. The molecule has 0 saturated carbocycles. The summed E-state index contributed by atoms with van der Waals surface area (Å²) >= 11 is 11.1. The molecule has 0 N–H and O–H groups in total. The number of thiophene rings is 1. The molecule has 1 amide bonds. The molecule has 0 bridgehead atoms. The molecule has 2 aromatic rings. The Bertz CT molecular complexity index is 895. The summed E-state index contributed by atoms with van der Waals surface area (Å²) in [6.45, 7) is 4.67. The molecule has 0 saturated heterocycles. The van der Waals surface area contributed by atoms with Crippen LogP contribution in [-0.2, 0) is 16.6 Å². The summed E-state index contributed by atoms with van der Waals surface area (Å²) in [5.41, 5.74) is 1.16. The van der Waals surface area contributed by atoms with E-state index in [1.807, 2.05) is 11.4 Å². The van der Waals surface area contributed by atoms with Crippen molar-refractivity contribution in [3.05, 3.63) is 49.6 Å². The Morgan fingerprint density at radius 1 is 1.23 bits per heavy atom. The molecule has 9 heteroatoms. The Labute approximate surface area is 171 Å². The fraction of sp³-hybridized carbons (Fsp3) is 0.353. The number of sulfonamides is 1. The van der Waals surface area contributed by atoms with Gasteiger partial charge in [-0.2, -0.15) is 4.31 Å². The van der Waals surface area contributed by atoms with E-state index in [1.54, 1.807) is 20.9 Å². The highest BCUT2D eigenvalue weighted by molar-refractivity contribution is 9.11. The summed E-state index contributed by atoms with van der Waals surface area (Å²) in [6, 6.07) is 6.19. The summed E-state index contributed by atoms with van der Waals surface area (Å²) in [7, 11) is -1.99. The lowest BCUT2D eigenvalue weighted by molar-refractivity contribution is 0.0785. The summed E-state index contributed by atoms with van der Waals surface area (Å²) in [4.78, 5) is 14.4. The van der Waals surface area contributed by atoms with Gasteiger partial charge in [-0.3, -0.25) is 4.79 Å². The van der Waals surface area contributed by atoms with E-state index in [0.717, 1.165) is 9.35 Å². The number of halogens is 2. The van der Waals surface area contributed by atoms with E-state index in [-0.39, 0.29) is 21.4 Å². The van der Waals surface area contributed by atoms with Crippen molar-refractivity contribution in [2.75, 3.05) is 20.1 Å². The number of nitrogens with zero attached hydrogens (tertiary/aromatic N) is 2. The lowest BCUT2D eigenvalue weighted by atomic mass is 10.2. The Kier molecular flexibility index (Phi) is 7.27. The molecule has 0 fully saturated rings. The highest BCUT2D eigenvalue weighted by Crippen LogP contribution is 2.26. The van der Waals surface area contributed by atoms with Crippen molar-refractivity contribution in [2.24, 2.45) is 0 Å². The molecule has 1 heterocycles. The molecule has 1 aromatic carbocycles. The first kappa shape index (κ1) is 21.4. The summed E-state index contributed by atoms with van der Waals surface area (Å²) in [5.74, 6) is -0.325. The van der Waals surface area contributed by atoms with Crippen molar-refractivity contribution in [1.29, 1.82) is 0 Å². The van der Waals surface area contributed by atoms with Crippen LogP contribution < -0.4 is 0 Å². The molecule has 0 aliphatic carbocycles. The van der Waals surface area contributed by atoms with Gasteiger partial charge in [0.2, 0.25) is 10.0 Å². The van der Waals surface area contributed by atoms with Gasteiger partial charge in [0, 0.05) is 26.7 Å². The Balaban J connectivity index is 2.32. The van der Waals surface area contributed by atoms with Crippen LogP contribution in [-0.4, -0.2) is 43.7 Å². The molecule has 0 atom stereocenters. The standard InChI is InChI=1S/C17H20BrClN2O3S2/c1-4-21(5-2)26(23,24)13-6-7-15(19)14(9-13)17(22)20(3)10-12-8-16(18)25-11-12/h6-9,11H,4-5,10H2,1-3H3. The van der Waals surface area contributed by atoms with Gasteiger partial charge in [0.05, 0.1) is 19.3 Å². The smallest absolute Gasteiger partial charge is 0.255 e. The highest BCUT2D eigenvalue weighted by atomic mass is 79.9. The highest BCUT2D eigenvalue weighted by Gasteiger charge is 2.25. The van der Waals surface area contributed by atoms with Crippen LogP contribution in [0.4, 0.5) is 0 Å². The summed E-state index contributed by atoms with van der Waals surface area (Å²) in [5, 5.41) is 2.18. The first-order valence-electron chi connectivity index (χ1n) is 7.98. The lowest BCUT2D eigenvalue weighted by Gasteiger charge is -2.20. The van der Waals surface area contributed by atoms with Crippen molar-refractivity contribution in [2.45, 2.75) is 25.3 Å². The third-order valence-electron chi connectivity index (χ3n) is 3.90. The van der Waals surface area contributed by atoms with E-state index in [1.165, 1.54) is 38.7 Å². The second kappa shape index (κ2) is 8.84. The number of carbonyl (C=O) groups excluding carboxylic acids is 1. The van der Waals surface area contributed by atoms with Gasteiger partial charge >= 0.3 is 0 Å². The number of rotatable bonds is 7. The van der Waals surface area contributed by atoms with Crippen LogP contribution >= 0.6 is 38.9 Å². The molecule has 0 spiro atoms. The van der Waals surface area contributed by atoms with Crippen LogP contribution in [0.25, 0.3) is 0 Å². The Hall–Kier alpha value is -0.930. The van der Waals surface area contributed by atoms with Crippen LogP contribution in [0.2, 0.25) is 5.02 Å². The fourth-order valence-corrected chi connectivity index (χ4v) is 5.40. The zero-order valence-electron chi connectivity index (χ0n) is 14.7. The van der Waals surface area contributed by atoms with Crippen LogP contribution in [0.5, 0.6) is 0 Å². The van der Waals surface area contributed by atoms with Crippen LogP contribution in [0.3, 0.4) is 0 Å². The molecule has 0 aliphatic rings. The number of carbonyl (C=O) groups is 1. The van der Waals surface area contributed by atoms with Crippen LogP contribution in [0, 0.1) is 0 Å². The van der Waals surface area contributed by atoms with Gasteiger partial charge in [0.1, 0.15) is 0 Å². The van der Waals surface area contributed by atoms with Crippen molar-refractivity contribution in [3.63, 3.8) is 0 Å². The largest absolute Gasteiger partial charge is 0.337 e. The van der Waals surface area contributed by atoms with Gasteiger partial charge in [-0.15, -0.1) is 11.3 Å². The topological polar surface area (TPSA) is 57.7 Å². The number of hydrogen-bond acceptors (Lipinski definition) is 4. The maximum absolute atomic E-state index is 12.8. The summed E-state index contributed by atoms with van der Waals surface area (Å²) in [6.07, 6.45) is 0. The molecule has 2 rings (SSSR count). The van der Waals surface area contributed by atoms with Gasteiger partial charge in [0.15, 0.2) is 0 Å². The molecule has 1 aromatic heterocycles. The first-order valence-corrected chi connectivity index (χ1v) is 11.5. The molecular weight excluding hydrogens is 460 g/mol. The monoisotopic (exact) mass is 478 g/mol. The van der Waals surface area contributed by atoms with Crippen molar-refractivity contribution < 1.29 is 13.2 Å². The van der Waals surface area contributed by atoms with Crippen molar-refractivity contribution in [3.8, 4) is 0 Å². The normalized spacial score (nSPS) is 11.8. The average molecular weight is 480 g/mol. The minimum atomic E-state index is -3.66. The number of hydrogen-bond donors (Lipinski definition) is 0. The molecule has 0 aliphatic heterocycles. The second-order valence-electron chi connectivity index (χ2n) is 5.65. The minimum Gasteiger partial charge on any atom is -0.337 e. The third kappa shape index (κ3) is 4.67. The average Bonchev–Trinajstić information content (AvgIpc) is 3.00. The molecule has 5 nitrogen and oxygen atoms in total. The van der Waals surface area contributed by atoms with Crippen molar-refractivity contribution in [1.82, 2.24) is 9.21 Å². The van der Waals surface area contributed by atoms with E-state index in [0.29, 0.717) is 19.6 Å². The minimum absolute atomic E-state index is 0.0700. The maximum atomic E-state index is 12.8. The zero-order valence-corrected chi connectivity index (χ0v) is 18.7. The molecular formula is C17H20BrClN2O3S2. The predicted octanol–water partition coefficient (Wildman–Crippen LogP) is 4.47. The van der Waals surface area contributed by atoms with Gasteiger partial charge < -0.3 is 4.90 Å². The summed E-state index contributed by atoms with van der Waals surface area (Å²) < 4.78 is 27.7. The number of amides is 1. The fourth-order valence-electron chi connectivity index (χ4n) is 2.52. The van der Waals surface area contributed by atoms with Gasteiger partial charge in [-0.25, -0.2) is 8.42 Å². The quantitative estimate of drug-likeness (QED) is 0.589. The zero-order chi connectivity index (χ0) is 19.5. The molecule has 26 heavy (non-hydrogen) atoms. The SMILES string of the molecule is CCN(CC)S(=O)(=O)c1ccc(Cl)c(C(=O)N(C)Cc2csc(Br)c2)c1. The Morgan fingerprint density at radius 2 is 1.88 bits per heavy atom. The Morgan fingerprint density at radius 3 is 2.42 bits per heavy atom. The van der Waals surface area contributed by atoms with Crippen molar-refractivity contribution >= 4 is 54.8 Å². The molecule has 142 valence electrons. The van der Waals surface area contributed by atoms with Gasteiger partial charge in [0.25, 0.3) is 5.91 Å². The van der Waals surface area contributed by atoms with E-state index in [9.17, 15) is 13.2 Å². The van der Waals surface area contributed by atoms with Crippen LogP contribution in [0.15, 0.2) is 38.3 Å². The molecule has 0 unspecified atom stereocenters. The van der Waals surface area contributed by atoms with Gasteiger partial charge in [-0.05, 0) is 51.1 Å². The molecule has 0 radical (unpaired) electrons. The predicted molar refractivity (Wildman–Crippen MR) is 109 cm³/mol. The van der Waals surface area contributed by atoms with E-state index >= 15 is 0 Å². The van der Waals surface area contributed by atoms with Gasteiger partial charge in [-0.1, -0.05) is 25.4 Å². The van der Waals surface area contributed by atoms with E-state index < -0.39 is 10.0 Å². The van der Waals surface area contributed by atoms with Crippen LogP contribution in [0.1, 0.15) is 29.8 Å². The van der Waals surface area contributed by atoms with E-state index in [2.05, 4.69) is 15.9 Å². The lowest BCUT2D eigenvalue weighted by Crippen LogP contribution is -2.31. The second-order valence-corrected chi connectivity index (χ2v) is 10.3. The van der Waals surface area contributed by atoms with E-state index in [4.69, 9.17) is 11.6 Å². The first-order chi connectivity index (χ1) is 12.2. The maximum Gasteiger partial charge on any atom is 0.255 e.